The Morgan fingerprint density at radius 2 is 2.29 bits per heavy atom. The van der Waals surface area contributed by atoms with E-state index in [2.05, 4.69) is 29.2 Å². The molecule has 3 nitrogen and oxygen atoms in total. The standard InChI is InChI=1S/C15H15NO2S3/c1-9-13(7-14(17)18)21-15(16-9)19-8-11-6-10-4-2-3-5-12(10)20-11/h2-5,11H,6-8H2,1H3,(H,17,18). The Bertz CT molecular complexity index is 644. The average molecular weight is 337 g/mol. The summed E-state index contributed by atoms with van der Waals surface area (Å²) in [5.41, 5.74) is 2.29. The van der Waals surface area contributed by atoms with Gasteiger partial charge in [0.15, 0.2) is 0 Å². The molecular formula is C15H15NO2S3. The van der Waals surface area contributed by atoms with Crippen molar-refractivity contribution < 1.29 is 9.90 Å². The van der Waals surface area contributed by atoms with Crippen molar-refractivity contribution in [1.29, 1.82) is 0 Å². The molecule has 0 saturated heterocycles. The van der Waals surface area contributed by atoms with E-state index in [0.29, 0.717) is 5.25 Å². The molecule has 2 aromatic rings. The normalized spacial score (nSPS) is 16.9. The van der Waals surface area contributed by atoms with Crippen molar-refractivity contribution in [3.63, 3.8) is 0 Å². The Hall–Kier alpha value is -0.980. The third-order valence-electron chi connectivity index (χ3n) is 3.29. The van der Waals surface area contributed by atoms with Gasteiger partial charge >= 0.3 is 5.97 Å². The molecule has 0 spiro atoms. The van der Waals surface area contributed by atoms with Crippen LogP contribution in [0.2, 0.25) is 0 Å². The van der Waals surface area contributed by atoms with Crippen molar-refractivity contribution >= 4 is 40.8 Å². The van der Waals surface area contributed by atoms with E-state index in [-0.39, 0.29) is 6.42 Å². The van der Waals surface area contributed by atoms with Gasteiger partial charge in [0.1, 0.15) is 4.34 Å². The van der Waals surface area contributed by atoms with Gasteiger partial charge in [-0.2, -0.15) is 0 Å². The molecule has 1 aliphatic rings. The van der Waals surface area contributed by atoms with Gasteiger partial charge in [-0.15, -0.1) is 23.1 Å². The number of rotatable bonds is 5. The van der Waals surface area contributed by atoms with E-state index >= 15 is 0 Å². The molecule has 1 aliphatic heterocycles. The number of nitrogens with zero attached hydrogens (tertiary/aromatic N) is 1. The van der Waals surface area contributed by atoms with Gasteiger partial charge in [-0.1, -0.05) is 30.0 Å². The van der Waals surface area contributed by atoms with E-state index in [4.69, 9.17) is 5.11 Å². The summed E-state index contributed by atoms with van der Waals surface area (Å²) in [6.07, 6.45) is 1.19. The first-order chi connectivity index (χ1) is 10.1. The number of carbonyl (C=O) groups is 1. The Morgan fingerprint density at radius 1 is 1.48 bits per heavy atom. The second-order valence-corrected chi connectivity index (χ2v) is 8.61. The van der Waals surface area contributed by atoms with Crippen LogP contribution in [0.25, 0.3) is 0 Å². The van der Waals surface area contributed by atoms with E-state index in [0.717, 1.165) is 27.1 Å². The largest absolute Gasteiger partial charge is 0.481 e. The Balaban J connectivity index is 1.58. The zero-order chi connectivity index (χ0) is 14.8. The zero-order valence-electron chi connectivity index (χ0n) is 11.5. The predicted octanol–water partition coefficient (Wildman–Crippen LogP) is 3.89. The van der Waals surface area contributed by atoms with Crippen molar-refractivity contribution in [2.75, 3.05) is 5.75 Å². The molecule has 3 rings (SSSR count). The first-order valence-electron chi connectivity index (χ1n) is 6.67. The van der Waals surface area contributed by atoms with Crippen molar-refractivity contribution in [2.24, 2.45) is 0 Å². The highest BCUT2D eigenvalue weighted by Gasteiger charge is 2.22. The highest BCUT2D eigenvalue weighted by atomic mass is 32.2. The number of hydrogen-bond donors (Lipinski definition) is 1. The van der Waals surface area contributed by atoms with Gasteiger partial charge < -0.3 is 5.11 Å². The summed E-state index contributed by atoms with van der Waals surface area (Å²) < 4.78 is 0.986. The summed E-state index contributed by atoms with van der Waals surface area (Å²) in [4.78, 5) is 17.5. The van der Waals surface area contributed by atoms with E-state index < -0.39 is 5.97 Å². The van der Waals surface area contributed by atoms with Crippen LogP contribution >= 0.6 is 34.9 Å². The molecule has 1 N–H and O–H groups in total. The molecule has 1 atom stereocenters. The quantitative estimate of drug-likeness (QED) is 0.839. The molecule has 110 valence electrons. The van der Waals surface area contributed by atoms with E-state index in [1.54, 1.807) is 11.8 Å². The number of fused-ring (bicyclic) bond motifs is 1. The van der Waals surface area contributed by atoms with Crippen LogP contribution in [0.3, 0.4) is 0 Å². The average Bonchev–Trinajstić information content (AvgIpc) is 2.99. The maximum Gasteiger partial charge on any atom is 0.308 e. The lowest BCUT2D eigenvalue weighted by Gasteiger charge is -2.05. The second-order valence-electron chi connectivity index (χ2n) is 4.92. The van der Waals surface area contributed by atoms with E-state index in [1.807, 2.05) is 18.7 Å². The molecule has 0 saturated carbocycles. The maximum absolute atomic E-state index is 10.8. The fourth-order valence-electron chi connectivity index (χ4n) is 2.28. The topological polar surface area (TPSA) is 50.2 Å². The monoisotopic (exact) mass is 337 g/mol. The van der Waals surface area contributed by atoms with Gasteiger partial charge in [0.25, 0.3) is 0 Å². The molecule has 0 radical (unpaired) electrons. The fraction of sp³-hybridized carbons (Fsp3) is 0.333. The summed E-state index contributed by atoms with van der Waals surface area (Å²) >= 11 is 5.20. The third-order valence-corrected chi connectivity index (χ3v) is 7.28. The number of thiazole rings is 1. The maximum atomic E-state index is 10.8. The van der Waals surface area contributed by atoms with Crippen LogP contribution in [0.5, 0.6) is 0 Å². The zero-order valence-corrected chi connectivity index (χ0v) is 14.0. The molecule has 2 heterocycles. The Morgan fingerprint density at radius 3 is 3.05 bits per heavy atom. The van der Waals surface area contributed by atoms with Gasteiger partial charge in [0.2, 0.25) is 0 Å². The molecule has 0 aliphatic carbocycles. The first kappa shape index (κ1) is 14.9. The molecule has 21 heavy (non-hydrogen) atoms. The Kier molecular flexibility index (Phi) is 4.57. The summed E-state index contributed by atoms with van der Waals surface area (Å²) in [6.45, 7) is 1.89. The molecule has 1 unspecified atom stereocenters. The number of hydrogen-bond acceptors (Lipinski definition) is 5. The molecule has 0 amide bonds. The van der Waals surface area contributed by atoms with E-state index in [9.17, 15) is 4.79 Å². The smallest absolute Gasteiger partial charge is 0.308 e. The first-order valence-corrected chi connectivity index (χ1v) is 9.35. The van der Waals surface area contributed by atoms with Crippen molar-refractivity contribution in [2.45, 2.75) is 34.3 Å². The SMILES string of the molecule is Cc1nc(SCC2Cc3ccccc3S2)sc1CC(=O)O. The highest BCUT2D eigenvalue weighted by molar-refractivity contribution is 8.04. The number of aromatic nitrogens is 1. The van der Waals surface area contributed by atoms with Crippen LogP contribution in [0.1, 0.15) is 16.1 Å². The summed E-state index contributed by atoms with van der Waals surface area (Å²) in [6, 6.07) is 8.57. The van der Waals surface area contributed by atoms with Crippen LogP contribution in [0.15, 0.2) is 33.5 Å². The number of carboxylic acid groups (broad SMARTS) is 1. The van der Waals surface area contributed by atoms with Crippen molar-refractivity contribution in [1.82, 2.24) is 4.98 Å². The lowest BCUT2D eigenvalue weighted by molar-refractivity contribution is -0.136. The van der Waals surface area contributed by atoms with Crippen LogP contribution < -0.4 is 0 Å². The van der Waals surface area contributed by atoms with Crippen molar-refractivity contribution in [3.8, 4) is 0 Å². The fourth-order valence-corrected chi connectivity index (χ4v) is 6.01. The van der Waals surface area contributed by atoms with Gasteiger partial charge in [-0.05, 0) is 25.0 Å². The predicted molar refractivity (Wildman–Crippen MR) is 88.7 cm³/mol. The van der Waals surface area contributed by atoms with Crippen LogP contribution in [-0.2, 0) is 17.6 Å². The molecule has 0 fully saturated rings. The molecule has 6 heteroatoms. The number of thioether (sulfide) groups is 2. The van der Waals surface area contributed by atoms with E-state index in [1.165, 1.54) is 21.8 Å². The van der Waals surface area contributed by atoms with Gasteiger partial charge in [0, 0.05) is 20.8 Å². The van der Waals surface area contributed by atoms with Gasteiger partial charge in [-0.3, -0.25) is 4.79 Å². The molecule has 1 aromatic carbocycles. The van der Waals surface area contributed by atoms with Gasteiger partial charge in [0.05, 0.1) is 12.1 Å². The van der Waals surface area contributed by atoms with Crippen LogP contribution in [0.4, 0.5) is 0 Å². The lowest BCUT2D eigenvalue weighted by Crippen LogP contribution is -2.03. The molecule has 0 bridgehead atoms. The minimum absolute atomic E-state index is 0.0771. The Labute approximate surface area is 136 Å². The molecule has 1 aromatic heterocycles. The van der Waals surface area contributed by atoms with Crippen LogP contribution in [0, 0.1) is 6.92 Å². The minimum Gasteiger partial charge on any atom is -0.481 e. The second kappa shape index (κ2) is 6.42. The minimum atomic E-state index is -0.792. The lowest BCUT2D eigenvalue weighted by atomic mass is 10.1. The summed E-state index contributed by atoms with van der Waals surface area (Å²) in [5, 5.41) is 9.45. The molecular weight excluding hydrogens is 322 g/mol. The van der Waals surface area contributed by atoms with Crippen LogP contribution in [-0.4, -0.2) is 27.1 Å². The number of benzene rings is 1. The number of aliphatic carboxylic acids is 1. The number of carboxylic acids is 1. The number of aryl methyl sites for hydroxylation is 1. The highest BCUT2D eigenvalue weighted by Crippen LogP contribution is 2.39. The van der Waals surface area contributed by atoms with Gasteiger partial charge in [-0.25, -0.2) is 4.98 Å². The summed E-state index contributed by atoms with van der Waals surface area (Å²) in [5.74, 6) is 0.221. The third kappa shape index (κ3) is 3.62. The summed E-state index contributed by atoms with van der Waals surface area (Å²) in [7, 11) is 0. The van der Waals surface area contributed by atoms with Crippen molar-refractivity contribution in [3.05, 3.63) is 40.4 Å².